The van der Waals surface area contributed by atoms with Crippen molar-refractivity contribution in [3.63, 3.8) is 0 Å². The standard InChI is InChI=1S/C19H25N5O2/c25-18(21-15-7-3-4-8-15)19-22-17(23-26-19)14-9-10-20-16(13-14)24-11-5-1-2-6-12-24/h9-10,13,15H,1-8,11-12H2,(H,21,25). The molecule has 2 aliphatic rings. The third-order valence-electron chi connectivity index (χ3n) is 5.24. The summed E-state index contributed by atoms with van der Waals surface area (Å²) in [6.45, 7) is 2.05. The van der Waals surface area contributed by atoms with Crippen LogP contribution in [0.2, 0.25) is 0 Å². The molecule has 0 radical (unpaired) electrons. The highest BCUT2D eigenvalue weighted by Gasteiger charge is 2.22. The van der Waals surface area contributed by atoms with Crippen LogP contribution in [0.4, 0.5) is 5.82 Å². The van der Waals surface area contributed by atoms with Gasteiger partial charge in [-0.2, -0.15) is 4.98 Å². The number of hydrogen-bond acceptors (Lipinski definition) is 6. The van der Waals surface area contributed by atoms with Crippen LogP contribution >= 0.6 is 0 Å². The fourth-order valence-electron chi connectivity index (χ4n) is 3.78. The summed E-state index contributed by atoms with van der Waals surface area (Å²) in [7, 11) is 0. The van der Waals surface area contributed by atoms with Crippen LogP contribution in [0.1, 0.15) is 62.1 Å². The molecule has 7 nitrogen and oxygen atoms in total. The molecule has 138 valence electrons. The molecule has 0 aromatic carbocycles. The van der Waals surface area contributed by atoms with E-state index in [0.717, 1.165) is 50.2 Å². The summed E-state index contributed by atoms with van der Waals surface area (Å²) in [6, 6.07) is 4.06. The Balaban J connectivity index is 1.48. The summed E-state index contributed by atoms with van der Waals surface area (Å²) >= 11 is 0. The monoisotopic (exact) mass is 355 g/mol. The molecule has 1 amide bonds. The Bertz CT molecular complexity index is 746. The lowest BCUT2D eigenvalue weighted by Crippen LogP contribution is -2.32. The van der Waals surface area contributed by atoms with E-state index in [4.69, 9.17) is 4.52 Å². The van der Waals surface area contributed by atoms with Crippen LogP contribution in [-0.4, -0.2) is 40.2 Å². The fraction of sp³-hybridized carbons (Fsp3) is 0.579. The van der Waals surface area contributed by atoms with Crippen LogP contribution in [0.5, 0.6) is 0 Å². The summed E-state index contributed by atoms with van der Waals surface area (Å²) in [5, 5.41) is 6.97. The van der Waals surface area contributed by atoms with E-state index in [0.29, 0.717) is 5.82 Å². The van der Waals surface area contributed by atoms with Gasteiger partial charge in [0.2, 0.25) is 5.82 Å². The lowest BCUT2D eigenvalue weighted by Gasteiger charge is -2.21. The van der Waals surface area contributed by atoms with Gasteiger partial charge in [-0.1, -0.05) is 30.8 Å². The first kappa shape index (κ1) is 17.0. The van der Waals surface area contributed by atoms with Gasteiger partial charge >= 0.3 is 11.8 Å². The van der Waals surface area contributed by atoms with E-state index in [9.17, 15) is 4.79 Å². The van der Waals surface area contributed by atoms with Crippen molar-refractivity contribution in [2.45, 2.75) is 57.4 Å². The normalized spacial score (nSPS) is 18.7. The van der Waals surface area contributed by atoms with Crippen molar-refractivity contribution in [2.75, 3.05) is 18.0 Å². The largest absolute Gasteiger partial charge is 0.357 e. The predicted molar refractivity (Wildman–Crippen MR) is 97.9 cm³/mol. The summed E-state index contributed by atoms with van der Waals surface area (Å²) < 4.78 is 5.19. The molecular weight excluding hydrogens is 330 g/mol. The molecule has 1 N–H and O–H groups in total. The van der Waals surface area contributed by atoms with Crippen LogP contribution in [0.15, 0.2) is 22.9 Å². The number of amides is 1. The van der Waals surface area contributed by atoms with Gasteiger partial charge in [0.1, 0.15) is 5.82 Å². The molecule has 26 heavy (non-hydrogen) atoms. The van der Waals surface area contributed by atoms with Crippen molar-refractivity contribution in [3.8, 4) is 11.4 Å². The average molecular weight is 355 g/mol. The molecule has 1 saturated heterocycles. The Morgan fingerprint density at radius 1 is 1.12 bits per heavy atom. The minimum Gasteiger partial charge on any atom is -0.357 e. The minimum absolute atomic E-state index is 0.0278. The van der Waals surface area contributed by atoms with Gasteiger partial charge in [-0.05, 0) is 37.8 Å². The first-order valence-corrected chi connectivity index (χ1v) is 9.65. The minimum atomic E-state index is -0.280. The van der Waals surface area contributed by atoms with Crippen molar-refractivity contribution in [2.24, 2.45) is 0 Å². The van der Waals surface area contributed by atoms with E-state index in [-0.39, 0.29) is 17.8 Å². The first-order chi connectivity index (χ1) is 12.8. The molecule has 0 unspecified atom stereocenters. The van der Waals surface area contributed by atoms with Crippen LogP contribution in [0, 0.1) is 0 Å². The van der Waals surface area contributed by atoms with Gasteiger partial charge in [0, 0.05) is 30.9 Å². The maximum absolute atomic E-state index is 12.3. The average Bonchev–Trinajstić information content (AvgIpc) is 3.28. The molecule has 2 aromatic rings. The molecule has 2 fully saturated rings. The van der Waals surface area contributed by atoms with Crippen molar-refractivity contribution < 1.29 is 9.32 Å². The molecule has 4 rings (SSSR count). The fourth-order valence-corrected chi connectivity index (χ4v) is 3.78. The van der Waals surface area contributed by atoms with Crippen molar-refractivity contribution in [1.29, 1.82) is 0 Å². The Morgan fingerprint density at radius 2 is 1.88 bits per heavy atom. The SMILES string of the molecule is O=C(NC1CCCC1)c1nc(-c2ccnc(N3CCCCCC3)c2)no1. The third-order valence-corrected chi connectivity index (χ3v) is 5.24. The Hall–Kier alpha value is -2.44. The number of carbonyl (C=O) groups excluding carboxylic acids is 1. The van der Waals surface area contributed by atoms with Gasteiger partial charge < -0.3 is 14.7 Å². The van der Waals surface area contributed by atoms with Gasteiger partial charge in [-0.25, -0.2) is 4.98 Å². The molecule has 3 heterocycles. The summed E-state index contributed by atoms with van der Waals surface area (Å²) in [5.41, 5.74) is 0.822. The van der Waals surface area contributed by atoms with Gasteiger partial charge in [0.05, 0.1) is 0 Å². The molecule has 0 bridgehead atoms. The number of nitrogens with zero attached hydrogens (tertiary/aromatic N) is 4. The highest BCUT2D eigenvalue weighted by Crippen LogP contribution is 2.23. The third kappa shape index (κ3) is 3.86. The predicted octanol–water partition coefficient (Wildman–Crippen LogP) is 3.18. The molecule has 2 aromatic heterocycles. The second-order valence-corrected chi connectivity index (χ2v) is 7.18. The van der Waals surface area contributed by atoms with E-state index >= 15 is 0 Å². The van der Waals surface area contributed by atoms with Gasteiger partial charge in [0.15, 0.2) is 0 Å². The van der Waals surface area contributed by atoms with E-state index in [1.54, 1.807) is 6.20 Å². The Labute approximate surface area is 153 Å². The quantitative estimate of drug-likeness (QED) is 0.907. The zero-order chi connectivity index (χ0) is 17.8. The summed E-state index contributed by atoms with van der Waals surface area (Å²) in [4.78, 5) is 23.4. The second kappa shape index (κ2) is 7.85. The number of hydrogen-bond donors (Lipinski definition) is 1. The van der Waals surface area contributed by atoms with Gasteiger partial charge in [-0.15, -0.1) is 0 Å². The maximum Gasteiger partial charge on any atom is 0.316 e. The van der Waals surface area contributed by atoms with E-state index in [1.165, 1.54) is 25.7 Å². The summed E-state index contributed by atoms with van der Waals surface area (Å²) in [5.74, 6) is 1.11. The highest BCUT2D eigenvalue weighted by molar-refractivity contribution is 5.90. The van der Waals surface area contributed by atoms with E-state index in [2.05, 4.69) is 25.3 Å². The second-order valence-electron chi connectivity index (χ2n) is 7.18. The number of anilines is 1. The van der Waals surface area contributed by atoms with Crippen molar-refractivity contribution in [3.05, 3.63) is 24.2 Å². The first-order valence-electron chi connectivity index (χ1n) is 9.65. The molecule has 0 atom stereocenters. The maximum atomic E-state index is 12.3. The highest BCUT2D eigenvalue weighted by atomic mass is 16.5. The van der Waals surface area contributed by atoms with E-state index < -0.39 is 0 Å². The van der Waals surface area contributed by atoms with E-state index in [1.807, 2.05) is 12.1 Å². The van der Waals surface area contributed by atoms with Crippen LogP contribution in [-0.2, 0) is 0 Å². The summed E-state index contributed by atoms with van der Waals surface area (Å²) in [6.07, 6.45) is 11.1. The Morgan fingerprint density at radius 3 is 2.65 bits per heavy atom. The Kier molecular flexibility index (Phi) is 5.13. The number of aromatic nitrogens is 3. The van der Waals surface area contributed by atoms with Gasteiger partial charge in [0.25, 0.3) is 0 Å². The molecule has 1 aliphatic carbocycles. The number of rotatable bonds is 4. The molecule has 1 aliphatic heterocycles. The lowest BCUT2D eigenvalue weighted by atomic mass is 10.2. The number of nitrogens with one attached hydrogen (secondary N) is 1. The van der Waals surface area contributed by atoms with Crippen molar-refractivity contribution in [1.82, 2.24) is 20.4 Å². The topological polar surface area (TPSA) is 84.2 Å². The van der Waals surface area contributed by atoms with Crippen LogP contribution < -0.4 is 10.2 Å². The molecule has 7 heteroatoms. The van der Waals surface area contributed by atoms with Gasteiger partial charge in [-0.3, -0.25) is 4.79 Å². The lowest BCUT2D eigenvalue weighted by molar-refractivity contribution is 0.0893. The molecule has 0 spiro atoms. The molecule has 1 saturated carbocycles. The van der Waals surface area contributed by atoms with Crippen LogP contribution in [0.25, 0.3) is 11.4 Å². The van der Waals surface area contributed by atoms with Crippen molar-refractivity contribution >= 4 is 11.7 Å². The zero-order valence-corrected chi connectivity index (χ0v) is 15.0. The number of pyridine rings is 1. The number of carbonyl (C=O) groups is 1. The van der Waals surface area contributed by atoms with Crippen LogP contribution in [0.3, 0.4) is 0 Å². The molecular formula is C19H25N5O2. The zero-order valence-electron chi connectivity index (χ0n) is 15.0. The smallest absolute Gasteiger partial charge is 0.316 e.